The molecule has 0 radical (unpaired) electrons. The molecule has 1 aromatic heterocycles. The number of aromatic nitrogens is 3. The molecule has 0 saturated carbocycles. The van der Waals surface area contributed by atoms with Gasteiger partial charge in [0.15, 0.2) is 0 Å². The minimum Gasteiger partial charge on any atom is -0.367 e. The highest BCUT2D eigenvalue weighted by molar-refractivity contribution is 5.17. The summed E-state index contributed by atoms with van der Waals surface area (Å²) in [6.07, 6.45) is 0.915. The van der Waals surface area contributed by atoms with Gasteiger partial charge in [-0.2, -0.15) is 4.98 Å². The molecular weight excluding hydrogens is 154 g/mol. The number of nitrogens with one attached hydrogen (secondary N) is 1. The van der Waals surface area contributed by atoms with E-state index in [1.165, 1.54) is 0 Å². The zero-order chi connectivity index (χ0) is 9.19. The number of nitrogens with two attached hydrogens (primary N) is 2. The summed E-state index contributed by atoms with van der Waals surface area (Å²) in [5, 5.41) is 6.55. The highest BCUT2D eigenvalue weighted by Crippen LogP contribution is 2.22. The number of rotatable bonds is 3. The van der Waals surface area contributed by atoms with E-state index < -0.39 is 0 Å². The van der Waals surface area contributed by atoms with Crippen molar-refractivity contribution in [2.75, 3.05) is 12.3 Å². The second kappa shape index (κ2) is 3.10. The lowest BCUT2D eigenvalue weighted by atomic mass is 9.87. The number of aromatic amines is 1. The summed E-state index contributed by atoms with van der Waals surface area (Å²) in [4.78, 5) is 4.06. The Balaban J connectivity index is 2.94. The van der Waals surface area contributed by atoms with E-state index in [1.54, 1.807) is 0 Å². The molecule has 1 unspecified atom stereocenters. The zero-order valence-electron chi connectivity index (χ0n) is 7.46. The third kappa shape index (κ3) is 1.40. The highest BCUT2D eigenvalue weighted by Gasteiger charge is 2.26. The maximum Gasteiger partial charge on any atom is 0.239 e. The van der Waals surface area contributed by atoms with Gasteiger partial charge in [-0.3, -0.25) is 5.10 Å². The fraction of sp³-hybridized carbons (Fsp3) is 0.714. The minimum absolute atomic E-state index is 0.134. The molecule has 1 rings (SSSR count). The molecule has 0 aromatic carbocycles. The Morgan fingerprint density at radius 2 is 2.25 bits per heavy atom. The molecule has 5 nitrogen and oxygen atoms in total. The van der Waals surface area contributed by atoms with E-state index in [1.807, 2.05) is 6.92 Å². The maximum atomic E-state index is 5.63. The summed E-state index contributed by atoms with van der Waals surface area (Å²) in [5.41, 5.74) is 10.9. The third-order valence-electron chi connectivity index (χ3n) is 2.31. The molecule has 5 N–H and O–H groups in total. The second-order valence-corrected chi connectivity index (χ2v) is 3.16. The summed E-state index contributed by atoms with van der Waals surface area (Å²) in [6, 6.07) is 0. The van der Waals surface area contributed by atoms with Gasteiger partial charge in [0.05, 0.1) is 0 Å². The first-order chi connectivity index (χ1) is 5.62. The molecule has 0 spiro atoms. The Kier molecular flexibility index (Phi) is 2.32. The second-order valence-electron chi connectivity index (χ2n) is 3.16. The van der Waals surface area contributed by atoms with Crippen LogP contribution in [0.4, 0.5) is 5.95 Å². The number of nitrogen functional groups attached to an aromatic ring is 1. The predicted octanol–water partition coefficient (Wildman–Crippen LogP) is 0.0133. The van der Waals surface area contributed by atoms with Gasteiger partial charge in [-0.15, -0.1) is 5.10 Å². The van der Waals surface area contributed by atoms with Crippen molar-refractivity contribution < 1.29 is 0 Å². The van der Waals surface area contributed by atoms with E-state index in [-0.39, 0.29) is 11.4 Å². The molecule has 1 heterocycles. The quantitative estimate of drug-likeness (QED) is 0.594. The molecule has 0 fully saturated rings. The van der Waals surface area contributed by atoms with Crippen molar-refractivity contribution in [3.63, 3.8) is 0 Å². The average molecular weight is 169 g/mol. The molecule has 0 aliphatic rings. The Morgan fingerprint density at radius 1 is 1.58 bits per heavy atom. The van der Waals surface area contributed by atoms with Crippen LogP contribution in [0.1, 0.15) is 26.1 Å². The topological polar surface area (TPSA) is 93.6 Å². The van der Waals surface area contributed by atoms with Gasteiger partial charge in [0.25, 0.3) is 0 Å². The number of H-pyrrole nitrogens is 1. The van der Waals surface area contributed by atoms with Crippen LogP contribution < -0.4 is 11.5 Å². The van der Waals surface area contributed by atoms with Gasteiger partial charge < -0.3 is 11.5 Å². The van der Waals surface area contributed by atoms with E-state index in [9.17, 15) is 0 Å². The van der Waals surface area contributed by atoms with E-state index in [2.05, 4.69) is 22.1 Å². The maximum absolute atomic E-state index is 5.63. The Labute approximate surface area is 71.6 Å². The van der Waals surface area contributed by atoms with Crippen LogP contribution in [0.5, 0.6) is 0 Å². The first-order valence-corrected chi connectivity index (χ1v) is 4.01. The van der Waals surface area contributed by atoms with Crippen molar-refractivity contribution in [1.82, 2.24) is 15.2 Å². The van der Waals surface area contributed by atoms with Crippen molar-refractivity contribution in [3.05, 3.63) is 5.82 Å². The summed E-state index contributed by atoms with van der Waals surface area (Å²) >= 11 is 0. The molecule has 1 aromatic rings. The number of hydrogen-bond acceptors (Lipinski definition) is 4. The van der Waals surface area contributed by atoms with E-state index >= 15 is 0 Å². The van der Waals surface area contributed by atoms with Gasteiger partial charge in [-0.25, -0.2) is 0 Å². The van der Waals surface area contributed by atoms with Crippen molar-refractivity contribution in [3.8, 4) is 0 Å². The van der Waals surface area contributed by atoms with Crippen LogP contribution in [0.3, 0.4) is 0 Å². The summed E-state index contributed by atoms with van der Waals surface area (Å²) < 4.78 is 0. The van der Waals surface area contributed by atoms with Crippen LogP contribution in [-0.2, 0) is 5.41 Å². The van der Waals surface area contributed by atoms with Gasteiger partial charge in [0, 0.05) is 12.0 Å². The first-order valence-electron chi connectivity index (χ1n) is 4.01. The van der Waals surface area contributed by atoms with E-state index in [4.69, 9.17) is 11.5 Å². The van der Waals surface area contributed by atoms with Gasteiger partial charge >= 0.3 is 0 Å². The summed E-state index contributed by atoms with van der Waals surface area (Å²) in [6.45, 7) is 4.64. The average Bonchev–Trinajstić information content (AvgIpc) is 2.51. The van der Waals surface area contributed by atoms with E-state index in [0.717, 1.165) is 12.2 Å². The number of anilines is 1. The largest absolute Gasteiger partial charge is 0.367 e. The molecule has 12 heavy (non-hydrogen) atoms. The normalized spacial score (nSPS) is 15.9. The lowest BCUT2D eigenvalue weighted by Crippen LogP contribution is -2.32. The fourth-order valence-electron chi connectivity index (χ4n) is 0.953. The number of hydrogen-bond donors (Lipinski definition) is 3. The Hall–Kier alpha value is -1.10. The molecule has 5 heteroatoms. The molecule has 0 aliphatic heterocycles. The molecule has 0 amide bonds. The first kappa shape index (κ1) is 8.99. The Morgan fingerprint density at radius 3 is 2.58 bits per heavy atom. The summed E-state index contributed by atoms with van der Waals surface area (Å²) in [7, 11) is 0. The Bertz CT molecular complexity index is 250. The summed E-state index contributed by atoms with van der Waals surface area (Å²) in [5.74, 6) is 1.04. The van der Waals surface area contributed by atoms with Gasteiger partial charge in [-0.1, -0.05) is 13.8 Å². The lowest BCUT2D eigenvalue weighted by Gasteiger charge is -2.22. The van der Waals surface area contributed by atoms with Crippen LogP contribution in [0.25, 0.3) is 0 Å². The van der Waals surface area contributed by atoms with Gasteiger partial charge in [-0.05, 0) is 6.42 Å². The van der Waals surface area contributed by atoms with Crippen molar-refractivity contribution in [1.29, 1.82) is 0 Å². The highest BCUT2D eigenvalue weighted by atomic mass is 15.3. The molecule has 0 saturated heterocycles. The molecule has 1 atom stereocenters. The standard InChI is InChI=1S/C7H15N5/c1-3-7(2,4-8)5-10-6(9)12-11-5/h3-4,8H2,1-2H3,(H3,9,10,11,12). The van der Waals surface area contributed by atoms with Crippen molar-refractivity contribution >= 4 is 5.95 Å². The molecular formula is C7H15N5. The van der Waals surface area contributed by atoms with Crippen molar-refractivity contribution in [2.24, 2.45) is 5.73 Å². The smallest absolute Gasteiger partial charge is 0.239 e. The monoisotopic (exact) mass is 169 g/mol. The number of nitrogens with zero attached hydrogens (tertiary/aromatic N) is 2. The molecule has 68 valence electrons. The van der Waals surface area contributed by atoms with Gasteiger partial charge in [0.1, 0.15) is 5.82 Å². The van der Waals surface area contributed by atoms with Crippen LogP contribution in [0, 0.1) is 0 Å². The van der Waals surface area contributed by atoms with Crippen LogP contribution in [0.2, 0.25) is 0 Å². The molecule has 0 bridgehead atoms. The zero-order valence-corrected chi connectivity index (χ0v) is 7.46. The van der Waals surface area contributed by atoms with Crippen LogP contribution in [-0.4, -0.2) is 21.7 Å². The fourth-order valence-corrected chi connectivity index (χ4v) is 0.953. The van der Waals surface area contributed by atoms with Crippen LogP contribution >= 0.6 is 0 Å². The SMILES string of the molecule is CCC(C)(CN)c1nc(N)n[nH]1. The third-order valence-corrected chi connectivity index (χ3v) is 2.31. The van der Waals surface area contributed by atoms with E-state index in [0.29, 0.717) is 6.54 Å². The van der Waals surface area contributed by atoms with Crippen LogP contribution in [0.15, 0.2) is 0 Å². The van der Waals surface area contributed by atoms with Gasteiger partial charge in [0.2, 0.25) is 5.95 Å². The van der Waals surface area contributed by atoms with Crippen molar-refractivity contribution in [2.45, 2.75) is 25.7 Å². The lowest BCUT2D eigenvalue weighted by molar-refractivity contribution is 0.440. The minimum atomic E-state index is -0.134. The predicted molar refractivity (Wildman–Crippen MR) is 47.5 cm³/mol. The molecule has 0 aliphatic carbocycles.